The molecule has 0 aliphatic carbocycles. The number of hydrogen-bond donors (Lipinski definition) is 0. The summed E-state index contributed by atoms with van der Waals surface area (Å²) in [7, 11) is 0. The molecule has 0 aromatic carbocycles. The van der Waals surface area contributed by atoms with Crippen LogP contribution >= 0.6 is 0 Å². The van der Waals surface area contributed by atoms with Crippen molar-refractivity contribution in [3.05, 3.63) is 54.4 Å². The molecule has 0 bridgehead atoms. The molecule has 0 unspecified atom stereocenters. The molecule has 0 spiro atoms. The molecule has 0 radical (unpaired) electrons. The highest BCUT2D eigenvalue weighted by Gasteiger charge is 2.23. The zero-order valence-electron chi connectivity index (χ0n) is 15.9. The second kappa shape index (κ2) is 8.68. The van der Waals surface area contributed by atoms with E-state index < -0.39 is 0 Å². The van der Waals surface area contributed by atoms with Crippen molar-refractivity contribution in [3.8, 4) is 11.6 Å². The Morgan fingerprint density at radius 1 is 1.03 bits per heavy atom. The Morgan fingerprint density at radius 2 is 1.83 bits per heavy atom. The number of rotatable bonds is 5. The molecule has 1 fully saturated rings. The average molecular weight is 395 g/mol. The molecule has 0 N–H and O–H groups in total. The van der Waals surface area contributed by atoms with E-state index in [0.29, 0.717) is 55.6 Å². The van der Waals surface area contributed by atoms with Crippen molar-refractivity contribution in [1.82, 2.24) is 24.9 Å². The van der Waals surface area contributed by atoms with Gasteiger partial charge in [0.2, 0.25) is 17.6 Å². The van der Waals surface area contributed by atoms with E-state index in [0.717, 1.165) is 6.42 Å². The Hall–Kier alpha value is -3.49. The van der Waals surface area contributed by atoms with E-state index in [1.54, 1.807) is 46.5 Å². The predicted octanol–water partition coefficient (Wildman–Crippen LogP) is 2.03. The number of carbonyl (C=O) groups is 2. The summed E-state index contributed by atoms with van der Waals surface area (Å²) in [5.74, 6) is 1.28. The van der Waals surface area contributed by atoms with E-state index in [9.17, 15) is 9.59 Å². The highest BCUT2D eigenvalue weighted by atomic mass is 16.5. The van der Waals surface area contributed by atoms with E-state index in [1.165, 1.54) is 6.26 Å². The molecular formula is C20H21N5O4. The third kappa shape index (κ3) is 4.50. The van der Waals surface area contributed by atoms with Crippen LogP contribution in [0.3, 0.4) is 0 Å². The minimum atomic E-state index is -0.0296. The molecule has 1 aliphatic heterocycles. The van der Waals surface area contributed by atoms with Gasteiger partial charge in [-0.25, -0.2) is 0 Å². The first-order valence-corrected chi connectivity index (χ1v) is 9.54. The monoisotopic (exact) mass is 395 g/mol. The summed E-state index contributed by atoms with van der Waals surface area (Å²) in [6.45, 7) is 2.27. The molecule has 29 heavy (non-hydrogen) atoms. The number of furan rings is 1. The van der Waals surface area contributed by atoms with Crippen molar-refractivity contribution in [2.45, 2.75) is 19.3 Å². The van der Waals surface area contributed by atoms with Crippen molar-refractivity contribution in [2.75, 3.05) is 26.2 Å². The van der Waals surface area contributed by atoms with Gasteiger partial charge in [0.25, 0.3) is 5.91 Å². The lowest BCUT2D eigenvalue weighted by Crippen LogP contribution is -2.37. The Morgan fingerprint density at radius 3 is 2.62 bits per heavy atom. The normalized spacial score (nSPS) is 14.6. The molecule has 9 nitrogen and oxygen atoms in total. The first-order chi connectivity index (χ1) is 14.2. The van der Waals surface area contributed by atoms with E-state index in [4.69, 9.17) is 8.94 Å². The maximum Gasteiger partial charge on any atom is 0.254 e. The van der Waals surface area contributed by atoms with Gasteiger partial charge in [-0.15, -0.1) is 0 Å². The maximum atomic E-state index is 12.6. The van der Waals surface area contributed by atoms with Crippen LogP contribution in [-0.4, -0.2) is 62.9 Å². The first-order valence-electron chi connectivity index (χ1n) is 9.54. The summed E-state index contributed by atoms with van der Waals surface area (Å²) in [4.78, 5) is 37.0. The molecule has 3 aromatic heterocycles. The second-order valence-electron chi connectivity index (χ2n) is 6.75. The number of amides is 2. The van der Waals surface area contributed by atoms with E-state index in [1.807, 2.05) is 0 Å². The van der Waals surface area contributed by atoms with Crippen LogP contribution < -0.4 is 0 Å². The topological polar surface area (TPSA) is 106 Å². The SMILES string of the molecule is O=C(CCc1nc(-c2ccco2)no1)N1CCCN(C(=O)c2ccncc2)CC1. The van der Waals surface area contributed by atoms with Crippen molar-refractivity contribution in [1.29, 1.82) is 0 Å². The lowest BCUT2D eigenvalue weighted by molar-refractivity contribution is -0.131. The first kappa shape index (κ1) is 18.9. The van der Waals surface area contributed by atoms with Crippen molar-refractivity contribution in [2.24, 2.45) is 0 Å². The molecule has 0 atom stereocenters. The van der Waals surface area contributed by atoms with Crippen LogP contribution in [0, 0.1) is 0 Å². The van der Waals surface area contributed by atoms with E-state index in [-0.39, 0.29) is 18.2 Å². The standard InChI is InChI=1S/C20H21N5O4/c26-18(5-4-17-22-19(23-29-17)16-3-1-14-28-16)24-10-2-11-25(13-12-24)20(27)15-6-8-21-9-7-15/h1,3,6-9,14H,2,4-5,10-13H2. The number of hydrogen-bond acceptors (Lipinski definition) is 7. The summed E-state index contributed by atoms with van der Waals surface area (Å²) >= 11 is 0. The van der Waals surface area contributed by atoms with Gasteiger partial charge in [0.05, 0.1) is 6.26 Å². The summed E-state index contributed by atoms with van der Waals surface area (Å²) in [6.07, 6.45) is 6.13. The molecule has 1 saturated heterocycles. The van der Waals surface area contributed by atoms with Gasteiger partial charge in [0.15, 0.2) is 5.76 Å². The van der Waals surface area contributed by atoms with Gasteiger partial charge in [-0.2, -0.15) is 4.98 Å². The Kier molecular flexibility index (Phi) is 5.64. The summed E-state index contributed by atoms with van der Waals surface area (Å²) in [6, 6.07) is 6.90. The zero-order valence-corrected chi connectivity index (χ0v) is 15.9. The molecule has 4 rings (SSSR count). The third-order valence-corrected chi connectivity index (χ3v) is 4.83. The van der Waals surface area contributed by atoms with Crippen LogP contribution in [0.5, 0.6) is 0 Å². The van der Waals surface area contributed by atoms with Crippen LogP contribution in [0.15, 0.2) is 51.9 Å². The fourth-order valence-corrected chi connectivity index (χ4v) is 3.28. The van der Waals surface area contributed by atoms with Crippen LogP contribution in [0.1, 0.15) is 29.1 Å². The highest BCUT2D eigenvalue weighted by Crippen LogP contribution is 2.17. The minimum Gasteiger partial charge on any atom is -0.461 e. The second-order valence-corrected chi connectivity index (χ2v) is 6.75. The highest BCUT2D eigenvalue weighted by molar-refractivity contribution is 5.94. The number of aryl methyl sites for hydroxylation is 1. The van der Waals surface area contributed by atoms with Crippen molar-refractivity contribution >= 4 is 11.8 Å². The summed E-state index contributed by atoms with van der Waals surface area (Å²) in [5.41, 5.74) is 0.614. The number of aromatic nitrogens is 3. The van der Waals surface area contributed by atoms with Gasteiger partial charge in [-0.3, -0.25) is 14.6 Å². The summed E-state index contributed by atoms with van der Waals surface area (Å²) in [5, 5.41) is 3.87. The fourth-order valence-electron chi connectivity index (χ4n) is 3.28. The van der Waals surface area contributed by atoms with Gasteiger partial charge in [0, 0.05) is 57.0 Å². The van der Waals surface area contributed by atoms with Crippen LogP contribution in [-0.2, 0) is 11.2 Å². The molecule has 1 aliphatic rings. The maximum absolute atomic E-state index is 12.6. The molecule has 150 valence electrons. The Bertz CT molecular complexity index is 954. The number of nitrogens with zero attached hydrogens (tertiary/aromatic N) is 5. The van der Waals surface area contributed by atoms with Crippen LogP contribution in [0.2, 0.25) is 0 Å². The quantitative estimate of drug-likeness (QED) is 0.651. The predicted molar refractivity (Wildman–Crippen MR) is 102 cm³/mol. The largest absolute Gasteiger partial charge is 0.461 e. The van der Waals surface area contributed by atoms with E-state index in [2.05, 4.69) is 15.1 Å². The lowest BCUT2D eigenvalue weighted by atomic mass is 10.2. The minimum absolute atomic E-state index is 0.0148. The van der Waals surface area contributed by atoms with Crippen LogP contribution in [0.4, 0.5) is 0 Å². The van der Waals surface area contributed by atoms with Gasteiger partial charge in [-0.05, 0) is 30.7 Å². The fraction of sp³-hybridized carbons (Fsp3) is 0.350. The molecule has 2 amide bonds. The van der Waals surface area contributed by atoms with Crippen LogP contribution in [0.25, 0.3) is 11.6 Å². The zero-order chi connectivity index (χ0) is 20.1. The molecule has 4 heterocycles. The molecular weight excluding hydrogens is 374 g/mol. The van der Waals surface area contributed by atoms with E-state index >= 15 is 0 Å². The molecule has 0 saturated carbocycles. The van der Waals surface area contributed by atoms with Gasteiger partial charge in [0.1, 0.15) is 0 Å². The number of pyridine rings is 1. The lowest BCUT2D eigenvalue weighted by Gasteiger charge is -2.22. The Labute approximate surface area is 167 Å². The molecule has 9 heteroatoms. The Balaban J connectivity index is 1.29. The van der Waals surface area contributed by atoms with Crippen molar-refractivity contribution < 1.29 is 18.5 Å². The molecule has 3 aromatic rings. The average Bonchev–Trinajstić information content (AvgIpc) is 3.39. The summed E-state index contributed by atoms with van der Waals surface area (Å²) < 4.78 is 10.4. The third-order valence-electron chi connectivity index (χ3n) is 4.83. The van der Waals surface area contributed by atoms with Gasteiger partial charge in [-0.1, -0.05) is 5.16 Å². The smallest absolute Gasteiger partial charge is 0.254 e. The van der Waals surface area contributed by atoms with Gasteiger partial charge < -0.3 is 18.7 Å². The number of carbonyl (C=O) groups excluding carboxylic acids is 2. The van der Waals surface area contributed by atoms with Crippen molar-refractivity contribution in [3.63, 3.8) is 0 Å². The van der Waals surface area contributed by atoms with Gasteiger partial charge >= 0.3 is 0 Å².